The Morgan fingerprint density at radius 2 is 2.25 bits per heavy atom. The highest BCUT2D eigenvalue weighted by Crippen LogP contribution is 2.49. The fourth-order valence-corrected chi connectivity index (χ4v) is 3.39. The number of alkyl halides is 1. The zero-order valence-electron chi connectivity index (χ0n) is 10.0. The minimum Gasteiger partial charge on any atom is -0.356 e. The van der Waals surface area contributed by atoms with E-state index < -0.39 is 0 Å². The minimum absolute atomic E-state index is 0.231. The first-order valence-electron chi connectivity index (χ1n) is 6.51. The smallest absolute Gasteiger partial charge is 0.220 e. The van der Waals surface area contributed by atoms with Gasteiger partial charge in [0, 0.05) is 18.8 Å². The van der Waals surface area contributed by atoms with Gasteiger partial charge in [0.25, 0.3) is 0 Å². The second-order valence-corrected chi connectivity index (χ2v) is 6.01. The van der Waals surface area contributed by atoms with Gasteiger partial charge in [0.2, 0.25) is 5.91 Å². The third kappa shape index (κ3) is 2.91. The van der Waals surface area contributed by atoms with Crippen LogP contribution in [0.2, 0.25) is 0 Å². The molecular weight excluding hydrogens is 222 g/mol. The summed E-state index contributed by atoms with van der Waals surface area (Å²) in [5.41, 5.74) is 0. The third-order valence-corrected chi connectivity index (χ3v) is 4.77. The number of hydrogen-bond acceptors (Lipinski definition) is 1. The number of nitrogens with one attached hydrogen (secondary N) is 1. The van der Waals surface area contributed by atoms with Crippen LogP contribution >= 0.6 is 11.6 Å². The molecule has 0 spiro atoms. The van der Waals surface area contributed by atoms with E-state index in [9.17, 15) is 4.79 Å². The second kappa shape index (κ2) is 5.39. The Hall–Kier alpha value is -0.240. The number of fused-ring (bicyclic) bond motifs is 2. The Morgan fingerprint density at radius 1 is 1.44 bits per heavy atom. The molecule has 0 saturated heterocycles. The minimum atomic E-state index is 0.231. The van der Waals surface area contributed by atoms with Gasteiger partial charge in [-0.3, -0.25) is 4.79 Å². The number of carbonyl (C=O) groups excluding carboxylic acids is 1. The van der Waals surface area contributed by atoms with Crippen molar-refractivity contribution in [3.63, 3.8) is 0 Å². The Morgan fingerprint density at radius 3 is 2.81 bits per heavy atom. The highest BCUT2D eigenvalue weighted by Gasteiger charge is 2.39. The van der Waals surface area contributed by atoms with Crippen molar-refractivity contribution in [2.45, 2.75) is 39.0 Å². The van der Waals surface area contributed by atoms with E-state index in [4.69, 9.17) is 11.6 Å². The van der Waals surface area contributed by atoms with Crippen LogP contribution in [0.1, 0.15) is 39.0 Å². The Bertz CT molecular complexity index is 256. The molecule has 0 radical (unpaired) electrons. The summed E-state index contributed by atoms with van der Waals surface area (Å²) >= 11 is 5.71. The van der Waals surface area contributed by atoms with Gasteiger partial charge in [0.1, 0.15) is 0 Å². The monoisotopic (exact) mass is 243 g/mol. The zero-order valence-corrected chi connectivity index (χ0v) is 10.8. The Balaban J connectivity index is 1.67. The molecule has 3 heteroatoms. The van der Waals surface area contributed by atoms with E-state index in [-0.39, 0.29) is 5.91 Å². The van der Waals surface area contributed by atoms with Crippen molar-refractivity contribution >= 4 is 17.5 Å². The van der Waals surface area contributed by atoms with Gasteiger partial charge in [-0.2, -0.15) is 0 Å². The molecular formula is C13H22ClNO. The number of amides is 1. The van der Waals surface area contributed by atoms with Crippen LogP contribution in [-0.4, -0.2) is 18.3 Å². The van der Waals surface area contributed by atoms with Crippen molar-refractivity contribution < 1.29 is 4.79 Å². The maximum absolute atomic E-state index is 11.7. The molecule has 1 N–H and O–H groups in total. The van der Waals surface area contributed by atoms with E-state index >= 15 is 0 Å². The first-order valence-corrected chi connectivity index (χ1v) is 7.05. The van der Waals surface area contributed by atoms with Crippen LogP contribution in [0, 0.1) is 23.7 Å². The second-order valence-electron chi connectivity index (χ2n) is 5.70. The van der Waals surface area contributed by atoms with Crippen LogP contribution < -0.4 is 5.32 Å². The van der Waals surface area contributed by atoms with Crippen LogP contribution in [0.25, 0.3) is 0 Å². The van der Waals surface area contributed by atoms with Crippen molar-refractivity contribution in [2.75, 3.05) is 12.4 Å². The number of halogens is 1. The molecule has 2 aliphatic rings. The molecule has 2 rings (SSSR count). The van der Waals surface area contributed by atoms with Crippen molar-refractivity contribution in [3.05, 3.63) is 0 Å². The van der Waals surface area contributed by atoms with Gasteiger partial charge in [-0.15, -0.1) is 11.6 Å². The van der Waals surface area contributed by atoms with E-state index in [0.29, 0.717) is 17.7 Å². The highest BCUT2D eigenvalue weighted by atomic mass is 35.5. The summed E-state index contributed by atoms with van der Waals surface area (Å²) in [4.78, 5) is 11.7. The van der Waals surface area contributed by atoms with Crippen LogP contribution in [-0.2, 0) is 4.79 Å². The standard InChI is InChI=1S/C13H22ClNO/c1-9(7-14)8-15-13(16)6-12-5-10-2-3-11(12)4-10/h9-12H,2-8H2,1H3,(H,15,16). The number of hydrogen-bond donors (Lipinski definition) is 1. The predicted octanol–water partition coefficient (Wildman–Crippen LogP) is 2.80. The lowest BCUT2D eigenvalue weighted by Crippen LogP contribution is -2.31. The summed E-state index contributed by atoms with van der Waals surface area (Å²) in [6.07, 6.45) is 6.20. The summed E-state index contributed by atoms with van der Waals surface area (Å²) in [6, 6.07) is 0. The highest BCUT2D eigenvalue weighted by molar-refractivity contribution is 6.18. The van der Waals surface area contributed by atoms with Gasteiger partial charge >= 0.3 is 0 Å². The third-order valence-electron chi connectivity index (χ3n) is 4.24. The molecule has 0 aromatic carbocycles. The van der Waals surface area contributed by atoms with E-state index in [1.165, 1.54) is 25.7 Å². The fraction of sp³-hybridized carbons (Fsp3) is 0.923. The average molecular weight is 244 g/mol. The van der Waals surface area contributed by atoms with Crippen molar-refractivity contribution in [2.24, 2.45) is 23.7 Å². The molecule has 0 aromatic heterocycles. The summed E-state index contributed by atoms with van der Waals surface area (Å²) in [6.45, 7) is 2.79. The zero-order chi connectivity index (χ0) is 11.5. The van der Waals surface area contributed by atoms with Gasteiger partial charge in [-0.05, 0) is 42.9 Å². The van der Waals surface area contributed by atoms with E-state index in [0.717, 1.165) is 24.8 Å². The molecule has 2 aliphatic carbocycles. The van der Waals surface area contributed by atoms with Crippen LogP contribution in [0.3, 0.4) is 0 Å². The first-order chi connectivity index (χ1) is 7.69. The lowest BCUT2D eigenvalue weighted by atomic mass is 9.86. The van der Waals surface area contributed by atoms with Gasteiger partial charge in [-0.1, -0.05) is 13.3 Å². The molecule has 0 aromatic rings. The molecule has 0 heterocycles. The SMILES string of the molecule is CC(CCl)CNC(=O)CC1CC2CCC1C2. The van der Waals surface area contributed by atoms with Gasteiger partial charge in [0.15, 0.2) is 0 Å². The summed E-state index contributed by atoms with van der Waals surface area (Å²) < 4.78 is 0. The lowest BCUT2D eigenvalue weighted by molar-refractivity contribution is -0.122. The molecule has 2 saturated carbocycles. The van der Waals surface area contributed by atoms with Crippen LogP contribution in [0.4, 0.5) is 0 Å². The molecule has 0 aliphatic heterocycles. The first kappa shape index (κ1) is 12.2. The van der Waals surface area contributed by atoms with Gasteiger partial charge in [-0.25, -0.2) is 0 Å². The number of carbonyl (C=O) groups is 1. The van der Waals surface area contributed by atoms with Crippen molar-refractivity contribution in [3.8, 4) is 0 Å². The van der Waals surface area contributed by atoms with Crippen LogP contribution in [0.5, 0.6) is 0 Å². The van der Waals surface area contributed by atoms with E-state index in [1.54, 1.807) is 0 Å². The van der Waals surface area contributed by atoms with Gasteiger partial charge in [0.05, 0.1) is 0 Å². The average Bonchev–Trinajstić information content (AvgIpc) is 2.87. The quantitative estimate of drug-likeness (QED) is 0.740. The molecule has 1 amide bonds. The predicted molar refractivity (Wildman–Crippen MR) is 66.4 cm³/mol. The fourth-order valence-electron chi connectivity index (χ4n) is 3.28. The Labute approximate surface area is 103 Å². The normalized spacial score (nSPS) is 34.0. The summed E-state index contributed by atoms with van der Waals surface area (Å²) in [5.74, 6) is 3.69. The summed E-state index contributed by atoms with van der Waals surface area (Å²) in [7, 11) is 0. The molecule has 2 nitrogen and oxygen atoms in total. The maximum Gasteiger partial charge on any atom is 0.220 e. The number of rotatable bonds is 5. The van der Waals surface area contributed by atoms with E-state index in [1.807, 2.05) is 0 Å². The largest absolute Gasteiger partial charge is 0.356 e. The molecule has 4 atom stereocenters. The van der Waals surface area contributed by atoms with Crippen molar-refractivity contribution in [1.29, 1.82) is 0 Å². The van der Waals surface area contributed by atoms with E-state index in [2.05, 4.69) is 12.2 Å². The van der Waals surface area contributed by atoms with Crippen LogP contribution in [0.15, 0.2) is 0 Å². The topological polar surface area (TPSA) is 29.1 Å². The molecule has 2 fully saturated rings. The molecule has 16 heavy (non-hydrogen) atoms. The summed E-state index contributed by atoms with van der Waals surface area (Å²) in [5, 5.41) is 3.00. The molecule has 2 bridgehead atoms. The van der Waals surface area contributed by atoms with Crippen molar-refractivity contribution in [1.82, 2.24) is 5.32 Å². The Kier molecular flexibility index (Phi) is 4.12. The van der Waals surface area contributed by atoms with Gasteiger partial charge < -0.3 is 5.32 Å². The lowest BCUT2D eigenvalue weighted by Gasteiger charge is -2.21. The molecule has 92 valence electrons. The molecule has 4 unspecified atom stereocenters. The maximum atomic E-state index is 11.7.